The average Bonchev–Trinajstić information content (AvgIpc) is 3.05. The molecule has 1 unspecified atom stereocenters. The lowest BCUT2D eigenvalue weighted by molar-refractivity contribution is -0.256. The molecule has 0 aromatic heterocycles. The van der Waals surface area contributed by atoms with Crippen LogP contribution in [-0.2, 0) is 18.9 Å². The Morgan fingerprint density at radius 1 is 0.846 bits per heavy atom. The van der Waals surface area contributed by atoms with Crippen molar-refractivity contribution >= 4 is 0 Å². The van der Waals surface area contributed by atoms with E-state index in [0.717, 1.165) is 26.1 Å². The van der Waals surface area contributed by atoms with E-state index in [1.165, 1.54) is 12.0 Å². The zero-order valence-electron chi connectivity index (χ0n) is 17.5. The van der Waals surface area contributed by atoms with E-state index >= 15 is 0 Å². The summed E-state index contributed by atoms with van der Waals surface area (Å²) in [5.41, 5.74) is 1.66. The second-order valence-electron chi connectivity index (χ2n) is 9.78. The fourth-order valence-corrected chi connectivity index (χ4v) is 3.18. The maximum absolute atomic E-state index is 5.91. The number of allylic oxidation sites excluding steroid dienone is 1. The quantitative estimate of drug-likeness (QED) is 0.584. The number of hydrogen-bond donors (Lipinski definition) is 0. The molecule has 0 bridgehead atoms. The van der Waals surface area contributed by atoms with Gasteiger partial charge in [0.2, 0.25) is 0 Å². The molecule has 3 fully saturated rings. The van der Waals surface area contributed by atoms with Crippen molar-refractivity contribution in [3.63, 3.8) is 0 Å². The molecule has 1 saturated carbocycles. The van der Waals surface area contributed by atoms with Crippen molar-refractivity contribution in [3.05, 3.63) is 11.6 Å². The van der Waals surface area contributed by atoms with E-state index in [-0.39, 0.29) is 31.2 Å². The molecule has 154 valence electrons. The van der Waals surface area contributed by atoms with E-state index < -0.39 is 0 Å². The largest absolute Gasteiger partial charge is 0.352 e. The maximum atomic E-state index is 5.91. The fourth-order valence-electron chi connectivity index (χ4n) is 3.18. The Hall–Kier alpha value is -0.420. The Balaban J connectivity index is 0.000000251. The first-order valence-corrected chi connectivity index (χ1v) is 9.64. The highest BCUT2D eigenvalue weighted by Gasteiger charge is 2.53. The highest BCUT2D eigenvalue weighted by molar-refractivity contribution is 4.98. The van der Waals surface area contributed by atoms with Gasteiger partial charge in [-0.15, -0.1) is 0 Å². The van der Waals surface area contributed by atoms with Crippen molar-refractivity contribution in [2.75, 3.05) is 13.2 Å². The normalized spacial score (nSPS) is 33.8. The lowest BCUT2D eigenvalue weighted by atomic mass is 10.0. The average molecular weight is 371 g/mol. The molecule has 0 aromatic rings. The van der Waals surface area contributed by atoms with E-state index in [1.807, 2.05) is 19.9 Å². The van der Waals surface area contributed by atoms with Gasteiger partial charge in [0.1, 0.15) is 0 Å². The summed E-state index contributed by atoms with van der Waals surface area (Å²) >= 11 is 0. The van der Waals surface area contributed by atoms with Crippen LogP contribution in [0.4, 0.5) is 0 Å². The molecule has 1 aliphatic carbocycles. The van der Waals surface area contributed by atoms with Crippen molar-refractivity contribution in [2.45, 2.75) is 106 Å². The Morgan fingerprint density at radius 2 is 1.35 bits per heavy atom. The summed E-state index contributed by atoms with van der Waals surface area (Å²) in [6.07, 6.45) is 5.16. The summed E-state index contributed by atoms with van der Waals surface area (Å²) < 4.78 is 22.7. The number of ether oxygens (including phenoxy) is 4. The first-order chi connectivity index (χ1) is 11.4. The van der Waals surface area contributed by atoms with Gasteiger partial charge in [0.15, 0.2) is 12.6 Å². The van der Waals surface area contributed by atoms with Gasteiger partial charge in [-0.05, 0) is 72.3 Å². The summed E-state index contributed by atoms with van der Waals surface area (Å²) in [4.78, 5) is 0. The van der Waals surface area contributed by atoms with Gasteiger partial charge in [0.05, 0.1) is 24.4 Å². The SMILES string of the molecule is C.CC(C)=C[C@H]1OCCC(C)(C)O1.CC1(C)CCO[C@H](C2CC2(C)C)O1. The third-order valence-corrected chi connectivity index (χ3v) is 5.23. The smallest absolute Gasteiger partial charge is 0.177 e. The van der Waals surface area contributed by atoms with Crippen LogP contribution < -0.4 is 0 Å². The molecule has 4 heteroatoms. The van der Waals surface area contributed by atoms with Crippen molar-refractivity contribution in [1.29, 1.82) is 0 Å². The molecule has 0 N–H and O–H groups in total. The van der Waals surface area contributed by atoms with Crippen LogP contribution in [0.15, 0.2) is 11.6 Å². The van der Waals surface area contributed by atoms with Crippen LogP contribution in [0.5, 0.6) is 0 Å². The van der Waals surface area contributed by atoms with Gasteiger partial charge < -0.3 is 18.9 Å². The van der Waals surface area contributed by atoms with Gasteiger partial charge in [0.25, 0.3) is 0 Å². The molecule has 3 atom stereocenters. The van der Waals surface area contributed by atoms with Crippen LogP contribution in [0.25, 0.3) is 0 Å². The maximum Gasteiger partial charge on any atom is 0.177 e. The van der Waals surface area contributed by atoms with Gasteiger partial charge in [-0.3, -0.25) is 0 Å². The molecular weight excluding hydrogens is 328 g/mol. The van der Waals surface area contributed by atoms with E-state index in [0.29, 0.717) is 11.3 Å². The summed E-state index contributed by atoms with van der Waals surface area (Å²) in [5.74, 6) is 0.618. The summed E-state index contributed by atoms with van der Waals surface area (Å²) in [5, 5.41) is 0. The molecule has 0 radical (unpaired) electrons. The number of hydrogen-bond acceptors (Lipinski definition) is 4. The highest BCUT2D eigenvalue weighted by atomic mass is 16.7. The summed E-state index contributed by atoms with van der Waals surface area (Å²) in [7, 11) is 0. The summed E-state index contributed by atoms with van der Waals surface area (Å²) in [6.45, 7) is 18.8. The topological polar surface area (TPSA) is 36.9 Å². The van der Waals surface area contributed by atoms with Crippen molar-refractivity contribution in [2.24, 2.45) is 11.3 Å². The van der Waals surface area contributed by atoms with Crippen LogP contribution >= 0.6 is 0 Å². The molecule has 26 heavy (non-hydrogen) atoms. The highest BCUT2D eigenvalue weighted by Crippen LogP contribution is 2.55. The monoisotopic (exact) mass is 370 g/mol. The molecule has 3 rings (SSSR count). The molecule has 0 aromatic carbocycles. The van der Waals surface area contributed by atoms with Gasteiger partial charge >= 0.3 is 0 Å². The standard InChI is InChI=1S/C11H20O2.C10H18O2.CH4/c1-10(2)7-8(10)9-12-6-5-11(3,4)13-9;1-8(2)7-9-11-6-5-10(3,4)12-9;/h8-9H,5-7H2,1-4H3;7,9H,5-6H2,1-4H3;1H4/t8?,9-;9-;/m00./s1. The molecule has 2 saturated heterocycles. The zero-order valence-corrected chi connectivity index (χ0v) is 17.5. The van der Waals surface area contributed by atoms with E-state index in [1.54, 1.807) is 0 Å². The molecule has 2 heterocycles. The third kappa shape index (κ3) is 7.30. The second-order valence-corrected chi connectivity index (χ2v) is 9.78. The first kappa shape index (κ1) is 23.6. The molecule has 3 aliphatic rings. The predicted molar refractivity (Wildman–Crippen MR) is 107 cm³/mol. The minimum Gasteiger partial charge on any atom is -0.352 e. The lowest BCUT2D eigenvalue weighted by Crippen LogP contribution is -2.40. The Labute approximate surface area is 161 Å². The Kier molecular flexibility index (Phi) is 7.93. The van der Waals surface area contributed by atoms with Crippen molar-refractivity contribution in [1.82, 2.24) is 0 Å². The molecule has 0 spiro atoms. The molecular formula is C22H42O4. The van der Waals surface area contributed by atoms with Crippen LogP contribution in [0.2, 0.25) is 0 Å². The molecule has 4 nitrogen and oxygen atoms in total. The zero-order chi connectivity index (χ0) is 18.9. The first-order valence-electron chi connectivity index (χ1n) is 9.64. The molecule has 0 amide bonds. The van der Waals surface area contributed by atoms with Crippen LogP contribution in [0.3, 0.4) is 0 Å². The Morgan fingerprint density at radius 3 is 1.77 bits per heavy atom. The lowest BCUT2D eigenvalue weighted by Gasteiger charge is -2.36. The van der Waals surface area contributed by atoms with Gasteiger partial charge in [-0.1, -0.05) is 26.8 Å². The van der Waals surface area contributed by atoms with Crippen LogP contribution in [0, 0.1) is 11.3 Å². The second kappa shape index (κ2) is 8.72. The van der Waals surface area contributed by atoms with Crippen molar-refractivity contribution in [3.8, 4) is 0 Å². The van der Waals surface area contributed by atoms with Gasteiger partial charge in [-0.25, -0.2) is 0 Å². The Bertz CT molecular complexity index is 475. The van der Waals surface area contributed by atoms with Gasteiger partial charge in [0, 0.05) is 5.92 Å². The minimum absolute atomic E-state index is 0. The molecule has 2 aliphatic heterocycles. The van der Waals surface area contributed by atoms with E-state index in [9.17, 15) is 0 Å². The van der Waals surface area contributed by atoms with Crippen molar-refractivity contribution < 1.29 is 18.9 Å². The van der Waals surface area contributed by atoms with Gasteiger partial charge in [-0.2, -0.15) is 0 Å². The van der Waals surface area contributed by atoms with Crippen LogP contribution in [-0.4, -0.2) is 37.0 Å². The minimum atomic E-state index is -0.140. The van der Waals surface area contributed by atoms with Crippen LogP contribution in [0.1, 0.15) is 82.1 Å². The van der Waals surface area contributed by atoms with E-state index in [4.69, 9.17) is 18.9 Å². The third-order valence-electron chi connectivity index (χ3n) is 5.23. The fraction of sp³-hybridized carbons (Fsp3) is 0.909. The van der Waals surface area contributed by atoms with E-state index in [2.05, 4.69) is 41.5 Å². The predicted octanol–water partition coefficient (Wildman–Crippen LogP) is 5.70. The number of rotatable bonds is 2. The summed E-state index contributed by atoms with van der Waals surface area (Å²) in [6, 6.07) is 0.